The molecule has 1 atom stereocenters. The largest absolute Gasteiger partial charge is 0.383 e. The summed E-state index contributed by atoms with van der Waals surface area (Å²) in [5, 5.41) is 13.4. The maximum atomic E-state index is 6.42. The molecule has 0 spiro atoms. The average Bonchev–Trinajstić information content (AvgIpc) is 2.96. The summed E-state index contributed by atoms with van der Waals surface area (Å²) in [5.41, 5.74) is 15.2. The van der Waals surface area contributed by atoms with Gasteiger partial charge in [-0.2, -0.15) is 5.10 Å². The Morgan fingerprint density at radius 3 is 2.61 bits per heavy atom. The summed E-state index contributed by atoms with van der Waals surface area (Å²) in [7, 11) is 0. The van der Waals surface area contributed by atoms with Crippen LogP contribution in [0, 0.1) is 0 Å². The van der Waals surface area contributed by atoms with Crippen molar-refractivity contribution in [2.24, 2.45) is 10.7 Å². The number of nitrogen functional groups attached to an aromatic ring is 1. The molecule has 1 aromatic heterocycles. The number of fused-ring (bicyclic) bond motifs is 1. The van der Waals surface area contributed by atoms with Crippen molar-refractivity contribution >= 4 is 17.9 Å². The summed E-state index contributed by atoms with van der Waals surface area (Å²) in [4.78, 5) is 4.44. The number of rotatable bonds is 2. The molecule has 3 heterocycles. The predicted molar refractivity (Wildman–Crippen MR) is 91.4 cm³/mol. The SMILES string of the molecule is Nc1[nH]nc2c1C=NC(N)(c1ccc(C3CCNCC3)cc1)N2. The molecule has 120 valence electrons. The fourth-order valence-corrected chi connectivity index (χ4v) is 3.28. The second kappa shape index (κ2) is 5.36. The standard InChI is InChI=1S/C16H21N7/c17-14-13-9-20-16(18,21-15(13)23-22-14)12-3-1-10(2-4-12)11-5-7-19-8-6-11/h1-4,9,11,19H,5-8,18H2,(H4,17,21,22,23). The van der Waals surface area contributed by atoms with Crippen molar-refractivity contribution in [3.63, 3.8) is 0 Å². The first-order valence-electron chi connectivity index (χ1n) is 7.93. The van der Waals surface area contributed by atoms with Crippen LogP contribution in [0.1, 0.15) is 35.4 Å². The summed E-state index contributed by atoms with van der Waals surface area (Å²) < 4.78 is 0. The Morgan fingerprint density at radius 2 is 1.87 bits per heavy atom. The third-order valence-corrected chi connectivity index (χ3v) is 4.70. The Kier molecular flexibility index (Phi) is 3.32. The lowest BCUT2D eigenvalue weighted by atomic mass is 9.89. The summed E-state index contributed by atoms with van der Waals surface area (Å²) in [6, 6.07) is 8.41. The number of nitrogens with zero attached hydrogens (tertiary/aromatic N) is 2. The lowest BCUT2D eigenvalue weighted by molar-refractivity contribution is 0.460. The number of aromatic amines is 1. The Hall–Kier alpha value is -2.38. The van der Waals surface area contributed by atoms with Gasteiger partial charge >= 0.3 is 0 Å². The van der Waals surface area contributed by atoms with Crippen molar-refractivity contribution in [1.29, 1.82) is 0 Å². The third kappa shape index (κ3) is 2.47. The van der Waals surface area contributed by atoms with Gasteiger partial charge in [-0.3, -0.25) is 10.8 Å². The number of hydrogen-bond acceptors (Lipinski definition) is 6. The van der Waals surface area contributed by atoms with Crippen LogP contribution in [0.15, 0.2) is 29.3 Å². The van der Waals surface area contributed by atoms with E-state index in [0.29, 0.717) is 17.6 Å². The molecule has 23 heavy (non-hydrogen) atoms. The zero-order valence-electron chi connectivity index (χ0n) is 12.8. The molecule has 1 aromatic carbocycles. The molecular weight excluding hydrogens is 290 g/mol. The van der Waals surface area contributed by atoms with Crippen molar-refractivity contribution in [3.05, 3.63) is 41.0 Å². The highest BCUT2D eigenvalue weighted by Crippen LogP contribution is 2.31. The molecule has 0 bridgehead atoms. The Bertz CT molecular complexity index is 727. The Labute approximate surface area is 134 Å². The molecule has 2 aromatic rings. The second-order valence-electron chi connectivity index (χ2n) is 6.20. The average molecular weight is 311 g/mol. The number of aliphatic imine (C=N–C) groups is 1. The van der Waals surface area contributed by atoms with Gasteiger partial charge in [-0.05, 0) is 37.4 Å². The van der Waals surface area contributed by atoms with E-state index in [9.17, 15) is 0 Å². The topological polar surface area (TPSA) is 117 Å². The summed E-state index contributed by atoms with van der Waals surface area (Å²) in [6.07, 6.45) is 4.03. The molecule has 0 amide bonds. The molecule has 0 radical (unpaired) electrons. The van der Waals surface area contributed by atoms with E-state index in [0.717, 1.165) is 24.2 Å². The van der Waals surface area contributed by atoms with Gasteiger partial charge in [-0.25, -0.2) is 4.99 Å². The normalized spacial score (nSPS) is 24.2. The molecule has 1 saturated heterocycles. The van der Waals surface area contributed by atoms with Crippen LogP contribution in [0.4, 0.5) is 11.6 Å². The smallest absolute Gasteiger partial charge is 0.210 e. The molecule has 1 unspecified atom stereocenters. The van der Waals surface area contributed by atoms with E-state index >= 15 is 0 Å². The van der Waals surface area contributed by atoms with Crippen molar-refractivity contribution in [2.75, 3.05) is 24.1 Å². The molecule has 7 nitrogen and oxygen atoms in total. The van der Waals surface area contributed by atoms with Crippen LogP contribution in [0.25, 0.3) is 0 Å². The molecule has 0 saturated carbocycles. The number of benzene rings is 1. The monoisotopic (exact) mass is 311 g/mol. The van der Waals surface area contributed by atoms with Crippen LogP contribution < -0.4 is 22.1 Å². The van der Waals surface area contributed by atoms with Crippen LogP contribution in [-0.2, 0) is 5.79 Å². The van der Waals surface area contributed by atoms with Crippen molar-refractivity contribution in [1.82, 2.24) is 15.5 Å². The third-order valence-electron chi connectivity index (χ3n) is 4.70. The number of H-pyrrole nitrogens is 1. The van der Waals surface area contributed by atoms with E-state index in [-0.39, 0.29) is 0 Å². The van der Waals surface area contributed by atoms with E-state index in [4.69, 9.17) is 11.5 Å². The number of piperidine rings is 1. The predicted octanol–water partition coefficient (Wildman–Crippen LogP) is 1.07. The lowest BCUT2D eigenvalue weighted by Gasteiger charge is -2.30. The van der Waals surface area contributed by atoms with Gasteiger partial charge in [0.1, 0.15) is 5.82 Å². The van der Waals surface area contributed by atoms with Crippen molar-refractivity contribution in [3.8, 4) is 0 Å². The van der Waals surface area contributed by atoms with Gasteiger partial charge in [0.15, 0.2) is 5.82 Å². The van der Waals surface area contributed by atoms with Crippen LogP contribution in [-0.4, -0.2) is 29.5 Å². The molecule has 2 aliphatic heterocycles. The van der Waals surface area contributed by atoms with E-state index in [1.807, 2.05) is 12.1 Å². The van der Waals surface area contributed by atoms with E-state index < -0.39 is 5.79 Å². The molecule has 7 N–H and O–H groups in total. The van der Waals surface area contributed by atoms with Gasteiger partial charge < -0.3 is 16.4 Å². The van der Waals surface area contributed by atoms with Gasteiger partial charge in [0.05, 0.1) is 5.56 Å². The van der Waals surface area contributed by atoms with Crippen molar-refractivity contribution in [2.45, 2.75) is 24.5 Å². The molecule has 0 aliphatic carbocycles. The first-order chi connectivity index (χ1) is 11.2. The zero-order valence-corrected chi connectivity index (χ0v) is 12.8. The minimum atomic E-state index is -1.01. The molecule has 4 rings (SSSR count). The number of nitrogens with one attached hydrogen (secondary N) is 3. The van der Waals surface area contributed by atoms with Gasteiger partial charge in [0.2, 0.25) is 5.79 Å². The van der Waals surface area contributed by atoms with Gasteiger partial charge in [0, 0.05) is 11.8 Å². The molecule has 7 heteroatoms. The maximum absolute atomic E-state index is 6.42. The van der Waals surface area contributed by atoms with Crippen molar-refractivity contribution < 1.29 is 0 Å². The van der Waals surface area contributed by atoms with Gasteiger partial charge in [0.25, 0.3) is 0 Å². The summed E-state index contributed by atoms with van der Waals surface area (Å²) >= 11 is 0. The quantitative estimate of drug-likeness (QED) is 0.569. The number of nitrogens with two attached hydrogens (primary N) is 2. The molecule has 1 fully saturated rings. The van der Waals surface area contributed by atoms with E-state index in [1.54, 1.807) is 6.21 Å². The number of anilines is 2. The Balaban J connectivity index is 1.58. The highest BCUT2D eigenvalue weighted by Gasteiger charge is 2.31. The van der Waals surface area contributed by atoms with E-state index in [1.165, 1.54) is 18.4 Å². The zero-order chi connectivity index (χ0) is 15.9. The van der Waals surface area contributed by atoms with Crippen LogP contribution >= 0.6 is 0 Å². The van der Waals surface area contributed by atoms with E-state index in [2.05, 4.69) is 38.0 Å². The highest BCUT2D eigenvalue weighted by molar-refractivity contribution is 5.94. The lowest BCUT2D eigenvalue weighted by Crippen LogP contribution is -2.44. The molecule has 2 aliphatic rings. The van der Waals surface area contributed by atoms with Crippen LogP contribution in [0.2, 0.25) is 0 Å². The maximum Gasteiger partial charge on any atom is 0.210 e. The number of hydrogen-bond donors (Lipinski definition) is 5. The number of aromatic nitrogens is 2. The van der Waals surface area contributed by atoms with Crippen LogP contribution in [0.3, 0.4) is 0 Å². The first-order valence-corrected chi connectivity index (χ1v) is 7.93. The highest BCUT2D eigenvalue weighted by atomic mass is 15.3. The van der Waals surface area contributed by atoms with Gasteiger partial charge in [-0.1, -0.05) is 24.3 Å². The summed E-state index contributed by atoms with van der Waals surface area (Å²) in [6.45, 7) is 2.17. The Morgan fingerprint density at radius 1 is 1.13 bits per heavy atom. The molecular formula is C16H21N7. The first kappa shape index (κ1) is 14.2. The fraction of sp³-hybridized carbons (Fsp3) is 0.375. The minimum Gasteiger partial charge on any atom is -0.383 e. The van der Waals surface area contributed by atoms with Gasteiger partial charge in [-0.15, -0.1) is 0 Å². The second-order valence-corrected chi connectivity index (χ2v) is 6.20. The fourth-order valence-electron chi connectivity index (χ4n) is 3.28. The van der Waals surface area contributed by atoms with Crippen LogP contribution in [0.5, 0.6) is 0 Å². The summed E-state index contributed by atoms with van der Waals surface area (Å²) in [5.74, 6) is 0.725. The minimum absolute atomic E-state index is 0.486.